The fourth-order valence-electron chi connectivity index (χ4n) is 1.03. The summed E-state index contributed by atoms with van der Waals surface area (Å²) in [7, 11) is -7.18. The lowest BCUT2D eigenvalue weighted by Crippen LogP contribution is -2.43. The summed E-state index contributed by atoms with van der Waals surface area (Å²) >= 11 is 0. The summed E-state index contributed by atoms with van der Waals surface area (Å²) in [5.41, 5.74) is 5.36. The molecular weight excluding hydrogens is 290 g/mol. The van der Waals surface area contributed by atoms with Crippen molar-refractivity contribution in [1.29, 1.82) is 0 Å². The molecule has 0 atom stereocenters. The number of nitrogens with one attached hydrogen (secondary N) is 1. The van der Waals surface area contributed by atoms with Crippen molar-refractivity contribution in [3.05, 3.63) is 18.3 Å². The van der Waals surface area contributed by atoms with Gasteiger partial charge in [-0.3, -0.25) is 0 Å². The highest BCUT2D eigenvalue weighted by Gasteiger charge is 2.31. The number of hydrogen-bond acceptors (Lipinski definition) is 6. The van der Waals surface area contributed by atoms with E-state index in [9.17, 15) is 16.8 Å². The Bertz CT molecular complexity index is 649. The van der Waals surface area contributed by atoms with Gasteiger partial charge in [0.15, 0.2) is 9.84 Å². The van der Waals surface area contributed by atoms with Crippen molar-refractivity contribution in [2.45, 2.75) is 23.5 Å². The van der Waals surface area contributed by atoms with E-state index >= 15 is 0 Å². The lowest BCUT2D eigenvalue weighted by Gasteiger charge is -2.22. The van der Waals surface area contributed by atoms with Crippen molar-refractivity contribution >= 4 is 25.7 Å². The second-order valence-electron chi connectivity index (χ2n) is 4.78. The van der Waals surface area contributed by atoms with Crippen LogP contribution in [0.1, 0.15) is 13.8 Å². The van der Waals surface area contributed by atoms with Gasteiger partial charge in [0.25, 0.3) is 0 Å². The molecule has 7 nitrogen and oxygen atoms in total. The van der Waals surface area contributed by atoms with Crippen molar-refractivity contribution in [3.63, 3.8) is 0 Å². The normalized spacial score (nSPS) is 13.4. The highest BCUT2D eigenvalue weighted by atomic mass is 32.2. The van der Waals surface area contributed by atoms with Gasteiger partial charge in [-0.05, 0) is 26.0 Å². The number of sulfonamides is 1. The van der Waals surface area contributed by atoms with Crippen LogP contribution in [0.25, 0.3) is 0 Å². The smallest absolute Gasteiger partial charge is 0.242 e. The van der Waals surface area contributed by atoms with Crippen LogP contribution in [0.2, 0.25) is 0 Å². The standard InChI is InChI=1S/C10H17N3O4S2/c1-10(2,18(3,14)15)7-13-19(16,17)8-4-5-9(11)12-6-8/h4-6,13H,7H2,1-3H3,(H2,11,12). The number of nitrogens with zero attached hydrogens (tertiary/aromatic N) is 1. The Hall–Kier alpha value is -1.19. The number of pyridine rings is 1. The predicted octanol–water partition coefficient (Wildman–Crippen LogP) is -0.235. The molecule has 1 aromatic heterocycles. The highest BCUT2D eigenvalue weighted by molar-refractivity contribution is 7.92. The maximum Gasteiger partial charge on any atom is 0.242 e. The molecular formula is C10H17N3O4S2. The van der Waals surface area contributed by atoms with E-state index in [1.165, 1.54) is 26.0 Å². The van der Waals surface area contributed by atoms with Crippen LogP contribution in [0.15, 0.2) is 23.2 Å². The van der Waals surface area contributed by atoms with Crippen molar-refractivity contribution in [3.8, 4) is 0 Å². The fourth-order valence-corrected chi connectivity index (χ4v) is 2.62. The van der Waals surface area contributed by atoms with E-state index in [1.807, 2.05) is 0 Å². The van der Waals surface area contributed by atoms with Crippen LogP contribution in [-0.2, 0) is 19.9 Å². The second-order valence-corrected chi connectivity index (χ2v) is 9.19. The van der Waals surface area contributed by atoms with Gasteiger partial charge in [0.2, 0.25) is 10.0 Å². The Morgan fingerprint density at radius 2 is 1.84 bits per heavy atom. The molecule has 19 heavy (non-hydrogen) atoms. The van der Waals surface area contributed by atoms with Crippen molar-refractivity contribution < 1.29 is 16.8 Å². The van der Waals surface area contributed by atoms with E-state index in [0.29, 0.717) is 0 Å². The summed E-state index contributed by atoms with van der Waals surface area (Å²) in [6.07, 6.45) is 2.18. The fraction of sp³-hybridized carbons (Fsp3) is 0.500. The van der Waals surface area contributed by atoms with E-state index in [4.69, 9.17) is 5.73 Å². The molecule has 0 bridgehead atoms. The predicted molar refractivity (Wildman–Crippen MR) is 72.8 cm³/mol. The third-order valence-corrected chi connectivity index (χ3v) is 6.30. The van der Waals surface area contributed by atoms with Crippen LogP contribution in [0.3, 0.4) is 0 Å². The number of aromatic nitrogens is 1. The van der Waals surface area contributed by atoms with Crippen molar-refractivity contribution in [2.75, 3.05) is 18.5 Å². The molecule has 0 aliphatic rings. The molecule has 0 aliphatic heterocycles. The molecule has 0 saturated carbocycles. The molecule has 3 N–H and O–H groups in total. The molecule has 0 saturated heterocycles. The second kappa shape index (κ2) is 5.06. The van der Waals surface area contributed by atoms with Crippen molar-refractivity contribution in [2.24, 2.45) is 0 Å². The van der Waals surface area contributed by atoms with Crippen LogP contribution in [0.4, 0.5) is 5.82 Å². The number of sulfone groups is 1. The topological polar surface area (TPSA) is 119 Å². The Morgan fingerprint density at radius 1 is 1.26 bits per heavy atom. The summed E-state index contributed by atoms with van der Waals surface area (Å²) in [5.74, 6) is 0.204. The Balaban J connectivity index is 2.91. The van der Waals surface area contributed by atoms with Crippen LogP contribution in [-0.4, -0.2) is 39.4 Å². The first-order valence-corrected chi connectivity index (χ1v) is 8.74. The van der Waals surface area contributed by atoms with Gasteiger partial charge in [0.05, 0.1) is 4.75 Å². The number of nitrogen functional groups attached to an aromatic ring is 1. The molecule has 1 heterocycles. The lowest BCUT2D eigenvalue weighted by atomic mass is 10.2. The minimum atomic E-state index is -3.80. The largest absolute Gasteiger partial charge is 0.384 e. The van der Waals surface area contributed by atoms with Gasteiger partial charge in [-0.15, -0.1) is 0 Å². The first-order valence-electron chi connectivity index (χ1n) is 5.36. The van der Waals surface area contributed by atoms with E-state index in [0.717, 1.165) is 12.5 Å². The zero-order chi connectivity index (χ0) is 14.9. The summed E-state index contributed by atoms with van der Waals surface area (Å²) in [6, 6.07) is 2.66. The molecule has 0 radical (unpaired) electrons. The molecule has 1 aromatic rings. The van der Waals surface area contributed by atoms with E-state index < -0.39 is 24.6 Å². The number of nitrogens with two attached hydrogens (primary N) is 1. The minimum Gasteiger partial charge on any atom is -0.384 e. The number of hydrogen-bond donors (Lipinski definition) is 2. The number of rotatable bonds is 5. The van der Waals surface area contributed by atoms with Gasteiger partial charge >= 0.3 is 0 Å². The molecule has 108 valence electrons. The lowest BCUT2D eigenvalue weighted by molar-refractivity contribution is 0.537. The summed E-state index contributed by atoms with van der Waals surface area (Å²) < 4.78 is 47.9. The molecule has 0 spiro atoms. The first kappa shape index (κ1) is 15.9. The van der Waals surface area contributed by atoms with E-state index in [2.05, 4.69) is 9.71 Å². The first-order chi connectivity index (χ1) is 8.46. The van der Waals surface area contributed by atoms with Gasteiger partial charge in [0.1, 0.15) is 10.7 Å². The van der Waals surface area contributed by atoms with Gasteiger partial charge in [-0.25, -0.2) is 26.5 Å². The summed E-state index contributed by atoms with van der Waals surface area (Å²) in [5, 5.41) is 0. The van der Waals surface area contributed by atoms with Gasteiger partial charge in [-0.1, -0.05) is 0 Å². The SMILES string of the molecule is CC(C)(CNS(=O)(=O)c1ccc(N)nc1)S(C)(=O)=O. The van der Waals surface area contributed by atoms with E-state index in [1.54, 1.807) is 0 Å². The van der Waals surface area contributed by atoms with Gasteiger partial charge < -0.3 is 5.73 Å². The maximum atomic E-state index is 11.9. The Labute approximate surface area is 113 Å². The molecule has 0 aromatic carbocycles. The monoisotopic (exact) mass is 307 g/mol. The summed E-state index contributed by atoms with van der Waals surface area (Å²) in [6.45, 7) is 2.68. The number of anilines is 1. The third kappa shape index (κ3) is 3.88. The van der Waals surface area contributed by atoms with Gasteiger partial charge in [0, 0.05) is 19.0 Å². The highest BCUT2D eigenvalue weighted by Crippen LogP contribution is 2.15. The van der Waals surface area contributed by atoms with Crippen LogP contribution < -0.4 is 10.5 Å². The van der Waals surface area contributed by atoms with Gasteiger partial charge in [-0.2, -0.15) is 0 Å². The Kier molecular flexibility index (Phi) is 4.23. The quantitative estimate of drug-likeness (QED) is 0.775. The average molecular weight is 307 g/mol. The Morgan fingerprint density at radius 3 is 2.26 bits per heavy atom. The van der Waals surface area contributed by atoms with Crippen LogP contribution in [0.5, 0.6) is 0 Å². The molecule has 9 heteroatoms. The molecule has 1 rings (SSSR count). The zero-order valence-electron chi connectivity index (χ0n) is 10.9. The van der Waals surface area contributed by atoms with Crippen LogP contribution in [0, 0.1) is 0 Å². The van der Waals surface area contributed by atoms with Crippen LogP contribution >= 0.6 is 0 Å². The molecule has 0 fully saturated rings. The summed E-state index contributed by atoms with van der Waals surface area (Å²) in [4.78, 5) is 3.62. The van der Waals surface area contributed by atoms with Crippen molar-refractivity contribution in [1.82, 2.24) is 9.71 Å². The molecule has 0 aliphatic carbocycles. The maximum absolute atomic E-state index is 11.9. The zero-order valence-corrected chi connectivity index (χ0v) is 12.5. The minimum absolute atomic E-state index is 0.0639. The average Bonchev–Trinajstić information content (AvgIpc) is 2.26. The molecule has 0 amide bonds. The van der Waals surface area contributed by atoms with E-state index in [-0.39, 0.29) is 17.3 Å². The third-order valence-electron chi connectivity index (χ3n) is 2.76. The molecule has 0 unspecified atom stereocenters.